The smallest absolute Gasteiger partial charge is 0.416 e. The predicted octanol–water partition coefficient (Wildman–Crippen LogP) is 3.34. The Labute approximate surface area is 107 Å². The number of nitrogens with two attached hydrogens (primary N) is 1. The summed E-state index contributed by atoms with van der Waals surface area (Å²) < 4.78 is 48.4. The van der Waals surface area contributed by atoms with Crippen molar-refractivity contribution in [2.75, 3.05) is 0 Å². The molecule has 2 aromatic rings. The Kier molecular flexibility index (Phi) is 3.80. The lowest BCUT2D eigenvalue weighted by molar-refractivity contribution is -0.138. The highest BCUT2D eigenvalue weighted by molar-refractivity contribution is 5.37. The molecule has 2 N–H and O–H groups in total. The van der Waals surface area contributed by atoms with E-state index in [9.17, 15) is 13.2 Å². The van der Waals surface area contributed by atoms with Crippen LogP contribution < -0.4 is 10.5 Å². The lowest BCUT2D eigenvalue weighted by atomic mass is 10.1. The van der Waals surface area contributed by atoms with Crippen LogP contribution in [0.5, 0.6) is 5.75 Å². The third-order valence-corrected chi connectivity index (χ3v) is 2.56. The summed E-state index contributed by atoms with van der Waals surface area (Å²) in [7, 11) is 0. The molecule has 0 aliphatic heterocycles. The number of halogens is 3. The van der Waals surface area contributed by atoms with Crippen LogP contribution in [-0.2, 0) is 19.3 Å². The molecule has 1 aromatic carbocycles. The van der Waals surface area contributed by atoms with Gasteiger partial charge in [0.1, 0.15) is 18.1 Å². The van der Waals surface area contributed by atoms with E-state index in [1.54, 1.807) is 12.1 Å². The summed E-state index contributed by atoms with van der Waals surface area (Å²) in [6.45, 7) is -0.0465. The fourth-order valence-corrected chi connectivity index (χ4v) is 1.65. The molecule has 0 unspecified atom stereocenters. The summed E-state index contributed by atoms with van der Waals surface area (Å²) in [5.41, 5.74) is 4.60. The van der Waals surface area contributed by atoms with Crippen LogP contribution in [0.15, 0.2) is 41.0 Å². The maximum atomic E-state index is 12.7. The molecule has 0 atom stereocenters. The summed E-state index contributed by atoms with van der Waals surface area (Å²) in [4.78, 5) is 0. The van der Waals surface area contributed by atoms with E-state index in [2.05, 4.69) is 0 Å². The normalized spacial score (nSPS) is 11.6. The van der Waals surface area contributed by atoms with Crippen molar-refractivity contribution in [1.29, 1.82) is 0 Å². The van der Waals surface area contributed by atoms with E-state index in [1.807, 2.05) is 0 Å². The average molecular weight is 271 g/mol. The van der Waals surface area contributed by atoms with E-state index in [-0.39, 0.29) is 18.7 Å². The molecule has 0 saturated heterocycles. The van der Waals surface area contributed by atoms with Crippen molar-refractivity contribution in [3.05, 3.63) is 53.5 Å². The Bertz CT molecular complexity index is 535. The van der Waals surface area contributed by atoms with Crippen LogP contribution >= 0.6 is 0 Å². The number of benzene rings is 1. The molecule has 0 bridgehead atoms. The molecule has 0 saturated carbocycles. The van der Waals surface area contributed by atoms with Crippen LogP contribution in [0.4, 0.5) is 13.2 Å². The number of furan rings is 1. The third kappa shape index (κ3) is 3.29. The molecule has 6 heteroatoms. The monoisotopic (exact) mass is 271 g/mol. The molecular weight excluding hydrogens is 259 g/mol. The maximum absolute atomic E-state index is 12.7. The molecule has 1 heterocycles. The van der Waals surface area contributed by atoms with Gasteiger partial charge in [-0.1, -0.05) is 0 Å². The summed E-state index contributed by atoms with van der Waals surface area (Å²) in [5, 5.41) is 0. The summed E-state index contributed by atoms with van der Waals surface area (Å²) in [5.74, 6) is 0.916. The van der Waals surface area contributed by atoms with Crippen LogP contribution in [0.3, 0.4) is 0 Å². The highest BCUT2D eigenvalue weighted by atomic mass is 19.4. The Hall–Kier alpha value is -1.95. The second-order valence-corrected chi connectivity index (χ2v) is 3.89. The molecule has 0 radical (unpaired) electrons. The lowest BCUT2D eigenvalue weighted by Gasteiger charge is -2.13. The maximum Gasteiger partial charge on any atom is 0.416 e. The Morgan fingerprint density at radius 1 is 1.21 bits per heavy atom. The fourth-order valence-electron chi connectivity index (χ4n) is 1.65. The minimum atomic E-state index is -4.41. The van der Waals surface area contributed by atoms with Gasteiger partial charge in [0, 0.05) is 6.54 Å². The Balaban J connectivity index is 2.15. The lowest BCUT2D eigenvalue weighted by Crippen LogP contribution is -2.12. The minimum absolute atomic E-state index is 0.00412. The van der Waals surface area contributed by atoms with E-state index in [0.717, 1.165) is 6.07 Å². The molecule has 3 nitrogen and oxygen atoms in total. The molecule has 0 amide bonds. The van der Waals surface area contributed by atoms with Crippen LogP contribution in [0.1, 0.15) is 16.9 Å². The van der Waals surface area contributed by atoms with E-state index in [1.165, 1.54) is 18.4 Å². The first-order valence-corrected chi connectivity index (χ1v) is 5.56. The first-order valence-electron chi connectivity index (χ1n) is 5.56. The summed E-state index contributed by atoms with van der Waals surface area (Å²) in [6.07, 6.45) is -2.91. The molecule has 19 heavy (non-hydrogen) atoms. The zero-order chi connectivity index (χ0) is 13.9. The van der Waals surface area contributed by atoms with Crippen LogP contribution in [0, 0.1) is 0 Å². The van der Waals surface area contributed by atoms with Crippen LogP contribution in [0.2, 0.25) is 0 Å². The van der Waals surface area contributed by atoms with Gasteiger partial charge in [0.2, 0.25) is 0 Å². The van der Waals surface area contributed by atoms with Gasteiger partial charge in [-0.25, -0.2) is 0 Å². The van der Waals surface area contributed by atoms with Gasteiger partial charge in [-0.2, -0.15) is 13.2 Å². The summed E-state index contributed by atoms with van der Waals surface area (Å²) >= 11 is 0. The first-order chi connectivity index (χ1) is 9.00. The zero-order valence-corrected chi connectivity index (χ0v) is 9.91. The summed E-state index contributed by atoms with van der Waals surface area (Å²) in [6, 6.07) is 6.96. The minimum Gasteiger partial charge on any atom is -0.486 e. The predicted molar refractivity (Wildman–Crippen MR) is 62.4 cm³/mol. The SMILES string of the molecule is NCc1cc(OCc2ccco2)ccc1C(F)(F)F. The highest BCUT2D eigenvalue weighted by Gasteiger charge is 2.32. The topological polar surface area (TPSA) is 48.4 Å². The third-order valence-electron chi connectivity index (χ3n) is 2.56. The standard InChI is InChI=1S/C13H12F3NO2/c14-13(15,16)12-4-3-10(6-9(12)7-17)19-8-11-2-1-5-18-11/h1-6H,7-8,17H2. The average Bonchev–Trinajstić information content (AvgIpc) is 2.88. The van der Waals surface area contributed by atoms with E-state index >= 15 is 0 Å². The molecule has 1 aromatic heterocycles. The molecular formula is C13H12F3NO2. The number of hydrogen-bond acceptors (Lipinski definition) is 3. The molecule has 0 aliphatic rings. The first kappa shape index (κ1) is 13.5. The molecule has 102 valence electrons. The van der Waals surface area contributed by atoms with Crippen molar-refractivity contribution >= 4 is 0 Å². The van der Waals surface area contributed by atoms with Crippen LogP contribution in [-0.4, -0.2) is 0 Å². The van der Waals surface area contributed by atoms with Crippen molar-refractivity contribution in [3.63, 3.8) is 0 Å². The van der Waals surface area contributed by atoms with Crippen molar-refractivity contribution in [3.8, 4) is 5.75 Å². The van der Waals surface area contributed by atoms with E-state index < -0.39 is 11.7 Å². The molecule has 0 fully saturated rings. The van der Waals surface area contributed by atoms with Crippen molar-refractivity contribution in [1.82, 2.24) is 0 Å². The van der Waals surface area contributed by atoms with Crippen LogP contribution in [0.25, 0.3) is 0 Å². The molecule has 2 rings (SSSR count). The number of alkyl halides is 3. The van der Waals surface area contributed by atoms with Gasteiger partial charge in [0.15, 0.2) is 0 Å². The quantitative estimate of drug-likeness (QED) is 0.927. The second-order valence-electron chi connectivity index (χ2n) is 3.89. The Morgan fingerprint density at radius 2 is 2.00 bits per heavy atom. The zero-order valence-electron chi connectivity index (χ0n) is 9.91. The van der Waals surface area contributed by atoms with Crippen molar-refractivity contribution in [2.45, 2.75) is 19.3 Å². The van der Waals surface area contributed by atoms with Gasteiger partial charge in [-0.15, -0.1) is 0 Å². The highest BCUT2D eigenvalue weighted by Crippen LogP contribution is 2.33. The van der Waals surface area contributed by atoms with Crippen molar-refractivity contribution < 1.29 is 22.3 Å². The Morgan fingerprint density at radius 3 is 2.58 bits per heavy atom. The fraction of sp³-hybridized carbons (Fsp3) is 0.231. The van der Waals surface area contributed by atoms with Gasteiger partial charge >= 0.3 is 6.18 Å². The van der Waals surface area contributed by atoms with Gasteiger partial charge in [-0.05, 0) is 35.9 Å². The van der Waals surface area contributed by atoms with Gasteiger partial charge in [-0.3, -0.25) is 0 Å². The van der Waals surface area contributed by atoms with Gasteiger partial charge in [0.05, 0.1) is 11.8 Å². The number of ether oxygens (including phenoxy) is 1. The van der Waals surface area contributed by atoms with Gasteiger partial charge in [0.25, 0.3) is 0 Å². The number of hydrogen-bond donors (Lipinski definition) is 1. The van der Waals surface area contributed by atoms with E-state index in [4.69, 9.17) is 14.9 Å². The van der Waals surface area contributed by atoms with Gasteiger partial charge < -0.3 is 14.9 Å². The van der Waals surface area contributed by atoms with E-state index in [0.29, 0.717) is 11.5 Å². The second kappa shape index (κ2) is 5.36. The number of rotatable bonds is 4. The molecule has 0 spiro atoms. The van der Waals surface area contributed by atoms with Crippen molar-refractivity contribution in [2.24, 2.45) is 5.73 Å². The largest absolute Gasteiger partial charge is 0.486 e. The molecule has 0 aliphatic carbocycles.